The van der Waals surface area contributed by atoms with Crippen LogP contribution >= 0.6 is 0 Å². The largest absolute Gasteiger partial charge is 0.508 e. The van der Waals surface area contributed by atoms with Crippen LogP contribution < -0.4 is 9.64 Å². The molecule has 2 aliphatic rings. The van der Waals surface area contributed by atoms with E-state index in [-0.39, 0.29) is 28.4 Å². The van der Waals surface area contributed by atoms with Gasteiger partial charge in [0.25, 0.3) is 0 Å². The lowest BCUT2D eigenvalue weighted by Crippen LogP contribution is -2.52. The summed E-state index contributed by atoms with van der Waals surface area (Å²) >= 11 is 0. The zero-order chi connectivity index (χ0) is 25.7. The number of aromatic nitrogens is 3. The molecule has 4 aromatic rings. The highest BCUT2D eigenvalue weighted by atomic mass is 19.1. The molecule has 0 aliphatic carbocycles. The minimum atomic E-state index is -0.703. The molecule has 0 saturated carbocycles. The number of fused-ring (bicyclic) bond motifs is 2. The lowest BCUT2D eigenvalue weighted by Gasteiger charge is -2.42. The van der Waals surface area contributed by atoms with Crippen LogP contribution in [0.15, 0.2) is 30.5 Å². The Morgan fingerprint density at radius 2 is 1.95 bits per heavy atom. The molecule has 2 aromatic heterocycles. The molecule has 4 heterocycles. The van der Waals surface area contributed by atoms with Gasteiger partial charge in [-0.15, -0.1) is 0 Å². The minimum absolute atomic E-state index is 0.0173. The molecule has 0 amide bonds. The molecule has 2 saturated heterocycles. The number of halogens is 2. The van der Waals surface area contributed by atoms with Crippen molar-refractivity contribution in [1.82, 2.24) is 15.0 Å². The molecule has 192 valence electrons. The molecule has 0 atom stereocenters. The quantitative estimate of drug-likeness (QED) is 0.438. The van der Waals surface area contributed by atoms with Crippen LogP contribution in [0.2, 0.25) is 0 Å². The van der Waals surface area contributed by atoms with E-state index in [4.69, 9.17) is 14.2 Å². The predicted molar refractivity (Wildman–Crippen MR) is 134 cm³/mol. The summed E-state index contributed by atoms with van der Waals surface area (Å²) in [4.78, 5) is 15.4. The fraction of sp³-hybridized carbons (Fsp3) is 0.370. The van der Waals surface area contributed by atoms with Crippen molar-refractivity contribution in [3.63, 3.8) is 0 Å². The van der Waals surface area contributed by atoms with Crippen molar-refractivity contribution in [3.8, 4) is 23.0 Å². The van der Waals surface area contributed by atoms with Gasteiger partial charge in [-0.25, -0.2) is 8.78 Å². The summed E-state index contributed by atoms with van der Waals surface area (Å²) in [6.07, 6.45) is 1.91. The third kappa shape index (κ3) is 3.91. The second kappa shape index (κ2) is 9.04. The molecule has 6 rings (SSSR count). The number of aromatic hydroxyl groups is 1. The van der Waals surface area contributed by atoms with Crippen LogP contribution in [0.1, 0.15) is 12.5 Å². The third-order valence-electron chi connectivity index (χ3n) is 7.14. The van der Waals surface area contributed by atoms with Gasteiger partial charge in [-0.2, -0.15) is 9.97 Å². The van der Waals surface area contributed by atoms with Gasteiger partial charge >= 0.3 is 6.01 Å². The molecule has 10 heteroatoms. The average molecular weight is 509 g/mol. The fourth-order valence-corrected chi connectivity index (χ4v) is 5.31. The zero-order valence-electron chi connectivity index (χ0n) is 20.6. The maximum Gasteiger partial charge on any atom is 0.318 e. The number of ether oxygens (including phenoxy) is 3. The first kappa shape index (κ1) is 23.7. The Balaban J connectivity index is 1.56. The SMILES string of the molecule is CCc1c(F)ccc2cc(O)cc(-c3ncc4c(N5CCOCC6(COC6)C5)nc(OC)nc4c3F)c12. The number of benzene rings is 2. The van der Waals surface area contributed by atoms with E-state index in [1.165, 1.54) is 31.5 Å². The monoisotopic (exact) mass is 508 g/mol. The molecule has 0 radical (unpaired) electrons. The van der Waals surface area contributed by atoms with E-state index in [0.717, 1.165) is 0 Å². The normalized spacial score (nSPS) is 17.2. The third-order valence-corrected chi connectivity index (χ3v) is 7.14. The van der Waals surface area contributed by atoms with Crippen molar-refractivity contribution in [1.29, 1.82) is 0 Å². The van der Waals surface area contributed by atoms with Gasteiger partial charge in [0.05, 0.1) is 44.3 Å². The van der Waals surface area contributed by atoms with Gasteiger partial charge in [-0.3, -0.25) is 4.98 Å². The molecule has 2 aliphatic heterocycles. The van der Waals surface area contributed by atoms with Crippen LogP contribution in [0.3, 0.4) is 0 Å². The van der Waals surface area contributed by atoms with E-state index in [9.17, 15) is 9.50 Å². The first-order valence-corrected chi connectivity index (χ1v) is 12.2. The van der Waals surface area contributed by atoms with Crippen molar-refractivity contribution in [2.75, 3.05) is 51.5 Å². The zero-order valence-corrected chi connectivity index (χ0v) is 20.6. The van der Waals surface area contributed by atoms with E-state index >= 15 is 4.39 Å². The number of phenolic OH excluding ortho intramolecular Hbond substituents is 1. The Bertz CT molecular complexity index is 1530. The first-order chi connectivity index (χ1) is 17.9. The Morgan fingerprint density at radius 3 is 2.68 bits per heavy atom. The average Bonchev–Trinajstić information content (AvgIpc) is 3.12. The molecule has 2 aromatic carbocycles. The van der Waals surface area contributed by atoms with E-state index in [0.29, 0.717) is 79.0 Å². The summed E-state index contributed by atoms with van der Waals surface area (Å²) in [7, 11) is 1.43. The standard InChI is InChI=1S/C27H26F2N4O4/c1-3-17-20(28)5-4-15-8-16(34)9-18(21(15)17)23-22(29)24-19(10-30-23)25(32-26(31-24)35-2)33-6-7-36-12-27(11-33)13-37-14-27/h4-5,8-10,34H,3,6-7,11-14H2,1-2H3. The number of nitrogens with zero attached hydrogens (tertiary/aromatic N) is 4. The van der Waals surface area contributed by atoms with Crippen LogP contribution in [-0.2, 0) is 15.9 Å². The summed E-state index contributed by atoms with van der Waals surface area (Å²) in [5.74, 6) is -0.675. The number of aryl methyl sites for hydroxylation is 1. The van der Waals surface area contributed by atoms with E-state index < -0.39 is 11.6 Å². The summed E-state index contributed by atoms with van der Waals surface area (Å²) in [6.45, 7) is 5.25. The van der Waals surface area contributed by atoms with Crippen molar-refractivity contribution in [2.45, 2.75) is 13.3 Å². The highest BCUT2D eigenvalue weighted by Gasteiger charge is 2.42. The smallest absolute Gasteiger partial charge is 0.318 e. The van der Waals surface area contributed by atoms with Gasteiger partial charge in [0.15, 0.2) is 5.82 Å². The number of phenols is 1. The number of hydrogen-bond donors (Lipinski definition) is 1. The van der Waals surface area contributed by atoms with Crippen LogP contribution in [0.5, 0.6) is 11.8 Å². The summed E-state index contributed by atoms with van der Waals surface area (Å²) in [5, 5.41) is 11.9. The highest BCUT2D eigenvalue weighted by Crippen LogP contribution is 2.40. The minimum Gasteiger partial charge on any atom is -0.508 e. The summed E-state index contributed by atoms with van der Waals surface area (Å²) in [6, 6.07) is 5.87. The van der Waals surface area contributed by atoms with Gasteiger partial charge in [0.1, 0.15) is 28.6 Å². The van der Waals surface area contributed by atoms with Crippen LogP contribution in [-0.4, -0.2) is 66.7 Å². The summed E-state index contributed by atoms with van der Waals surface area (Å²) in [5.41, 5.74) is 0.560. The predicted octanol–water partition coefficient (Wildman–Crippen LogP) is 4.25. The molecule has 0 unspecified atom stereocenters. The van der Waals surface area contributed by atoms with Gasteiger partial charge in [0.2, 0.25) is 0 Å². The Hall–Kier alpha value is -3.63. The number of methoxy groups -OCH3 is 1. The van der Waals surface area contributed by atoms with Crippen molar-refractivity contribution in [3.05, 3.63) is 47.7 Å². The molecule has 2 fully saturated rings. The summed E-state index contributed by atoms with van der Waals surface area (Å²) < 4.78 is 47.6. The number of rotatable bonds is 4. The van der Waals surface area contributed by atoms with Crippen LogP contribution in [0.4, 0.5) is 14.6 Å². The van der Waals surface area contributed by atoms with Gasteiger partial charge < -0.3 is 24.2 Å². The second-order valence-corrected chi connectivity index (χ2v) is 9.65. The number of hydrogen-bond acceptors (Lipinski definition) is 8. The Morgan fingerprint density at radius 1 is 1.14 bits per heavy atom. The molecular weight excluding hydrogens is 482 g/mol. The maximum atomic E-state index is 16.3. The fourth-order valence-electron chi connectivity index (χ4n) is 5.31. The van der Waals surface area contributed by atoms with Crippen molar-refractivity contribution >= 4 is 27.5 Å². The van der Waals surface area contributed by atoms with Crippen molar-refractivity contribution < 1.29 is 28.1 Å². The highest BCUT2D eigenvalue weighted by molar-refractivity contribution is 6.01. The topological polar surface area (TPSA) is 89.8 Å². The lowest BCUT2D eigenvalue weighted by atomic mass is 9.86. The molecule has 0 bridgehead atoms. The molecule has 1 spiro atoms. The first-order valence-electron chi connectivity index (χ1n) is 12.2. The molecular formula is C27H26F2N4O4. The van der Waals surface area contributed by atoms with Gasteiger partial charge in [0, 0.05) is 24.8 Å². The molecule has 37 heavy (non-hydrogen) atoms. The Kier molecular flexibility index (Phi) is 5.80. The van der Waals surface area contributed by atoms with E-state index in [1.54, 1.807) is 6.07 Å². The van der Waals surface area contributed by atoms with E-state index in [2.05, 4.69) is 15.0 Å². The van der Waals surface area contributed by atoms with Crippen molar-refractivity contribution in [2.24, 2.45) is 5.41 Å². The molecule has 1 N–H and O–H groups in total. The van der Waals surface area contributed by atoms with Gasteiger partial charge in [-0.1, -0.05) is 13.0 Å². The van der Waals surface area contributed by atoms with Gasteiger partial charge in [-0.05, 0) is 41.0 Å². The van der Waals surface area contributed by atoms with E-state index in [1.807, 2.05) is 11.8 Å². The number of pyridine rings is 1. The van der Waals surface area contributed by atoms with Crippen LogP contribution in [0.25, 0.3) is 32.9 Å². The Labute approximate surface area is 211 Å². The molecule has 8 nitrogen and oxygen atoms in total. The second-order valence-electron chi connectivity index (χ2n) is 9.65. The maximum absolute atomic E-state index is 16.3. The van der Waals surface area contributed by atoms with Crippen LogP contribution in [0, 0.1) is 17.0 Å². The lowest BCUT2D eigenvalue weighted by molar-refractivity contribution is -0.135. The number of anilines is 1.